The summed E-state index contributed by atoms with van der Waals surface area (Å²) >= 11 is 0. The van der Waals surface area contributed by atoms with Gasteiger partial charge in [0, 0.05) is 6.54 Å². The van der Waals surface area contributed by atoms with Crippen molar-refractivity contribution in [3.8, 4) is 11.5 Å². The summed E-state index contributed by atoms with van der Waals surface area (Å²) in [5.41, 5.74) is -0.0866. The predicted octanol–water partition coefficient (Wildman–Crippen LogP) is 1.98. The molecule has 0 atom stereocenters. The van der Waals surface area contributed by atoms with E-state index >= 15 is 0 Å². The highest BCUT2D eigenvalue weighted by Crippen LogP contribution is 2.30. The first-order chi connectivity index (χ1) is 8.69. The fraction of sp³-hybridized carbons (Fsp3) is 0.500. The van der Waals surface area contributed by atoms with E-state index in [1.165, 1.54) is 19.2 Å². The Hall–Kier alpha value is -1.82. The van der Waals surface area contributed by atoms with Gasteiger partial charge in [0.15, 0.2) is 5.75 Å². The van der Waals surface area contributed by atoms with E-state index in [1.54, 1.807) is 6.07 Å². The summed E-state index contributed by atoms with van der Waals surface area (Å²) in [6, 6.07) is 4.57. The molecule has 0 radical (unpaired) electrons. The minimum atomic E-state index is -0.485. The Morgan fingerprint density at radius 1 is 1.39 bits per heavy atom. The highest BCUT2D eigenvalue weighted by Gasteiger charge is 2.15. The second-order valence-electron chi connectivity index (χ2n) is 3.69. The molecule has 1 aromatic rings. The van der Waals surface area contributed by atoms with Gasteiger partial charge in [-0.1, -0.05) is 6.92 Å². The Labute approximate surface area is 106 Å². The topological polar surface area (TPSA) is 73.6 Å². The number of nitrogens with zero attached hydrogens (tertiary/aromatic N) is 1. The molecule has 100 valence electrons. The van der Waals surface area contributed by atoms with Gasteiger partial charge in [0.1, 0.15) is 12.4 Å². The minimum absolute atomic E-state index is 0.0866. The van der Waals surface area contributed by atoms with Crippen LogP contribution in [0.1, 0.15) is 13.3 Å². The number of hydrogen-bond acceptors (Lipinski definition) is 5. The normalized spacial score (nSPS) is 10.1. The molecule has 0 unspecified atom stereocenters. The lowest BCUT2D eigenvalue weighted by atomic mass is 10.3. The average molecular weight is 254 g/mol. The molecule has 0 bridgehead atoms. The quantitative estimate of drug-likeness (QED) is 0.436. The summed E-state index contributed by atoms with van der Waals surface area (Å²) in [4.78, 5) is 10.3. The van der Waals surface area contributed by atoms with E-state index in [0.29, 0.717) is 18.9 Å². The van der Waals surface area contributed by atoms with Crippen LogP contribution in [-0.2, 0) is 0 Å². The monoisotopic (exact) mass is 254 g/mol. The van der Waals surface area contributed by atoms with E-state index in [0.717, 1.165) is 13.0 Å². The van der Waals surface area contributed by atoms with E-state index in [-0.39, 0.29) is 11.4 Å². The van der Waals surface area contributed by atoms with Crippen molar-refractivity contribution >= 4 is 5.69 Å². The molecular weight excluding hydrogens is 236 g/mol. The Bertz CT molecular complexity index is 396. The summed E-state index contributed by atoms with van der Waals surface area (Å²) in [7, 11) is 1.40. The van der Waals surface area contributed by atoms with E-state index in [2.05, 4.69) is 12.2 Å². The standard InChI is InChI=1S/C12H18N2O4/c1-3-6-13-7-8-18-10-4-5-12(17-2)11(9-10)14(15)16/h4-5,9,13H,3,6-8H2,1-2H3. The maximum atomic E-state index is 10.8. The Balaban J connectivity index is 2.56. The van der Waals surface area contributed by atoms with Crippen molar-refractivity contribution in [2.75, 3.05) is 26.8 Å². The van der Waals surface area contributed by atoms with Crippen LogP contribution >= 0.6 is 0 Å². The minimum Gasteiger partial charge on any atom is -0.492 e. The Kier molecular flexibility index (Phi) is 5.93. The number of nitrogens with one attached hydrogen (secondary N) is 1. The SMILES string of the molecule is CCCNCCOc1ccc(OC)c([N+](=O)[O-])c1. The number of nitro groups is 1. The van der Waals surface area contributed by atoms with Crippen LogP contribution in [-0.4, -0.2) is 31.7 Å². The second kappa shape index (κ2) is 7.50. The number of rotatable bonds is 8. The van der Waals surface area contributed by atoms with Crippen LogP contribution in [0.5, 0.6) is 11.5 Å². The summed E-state index contributed by atoms with van der Waals surface area (Å²) in [5.74, 6) is 0.706. The summed E-state index contributed by atoms with van der Waals surface area (Å²) in [5, 5.41) is 14.0. The summed E-state index contributed by atoms with van der Waals surface area (Å²) in [6.45, 7) is 4.21. The number of ether oxygens (including phenoxy) is 2. The zero-order chi connectivity index (χ0) is 13.4. The zero-order valence-corrected chi connectivity index (χ0v) is 10.6. The van der Waals surface area contributed by atoms with Gasteiger partial charge in [-0.15, -0.1) is 0 Å². The fourth-order valence-electron chi connectivity index (χ4n) is 1.45. The third-order valence-electron chi connectivity index (χ3n) is 2.32. The highest BCUT2D eigenvalue weighted by molar-refractivity contribution is 5.50. The van der Waals surface area contributed by atoms with E-state index in [1.807, 2.05) is 0 Å². The van der Waals surface area contributed by atoms with Crippen LogP contribution in [0.3, 0.4) is 0 Å². The molecular formula is C12H18N2O4. The van der Waals surface area contributed by atoms with Gasteiger partial charge in [-0.05, 0) is 25.1 Å². The van der Waals surface area contributed by atoms with Crippen LogP contribution in [0.4, 0.5) is 5.69 Å². The highest BCUT2D eigenvalue weighted by atomic mass is 16.6. The van der Waals surface area contributed by atoms with E-state index < -0.39 is 4.92 Å². The van der Waals surface area contributed by atoms with Gasteiger partial charge in [0.25, 0.3) is 0 Å². The van der Waals surface area contributed by atoms with Gasteiger partial charge in [-0.2, -0.15) is 0 Å². The van der Waals surface area contributed by atoms with Crippen LogP contribution in [0.2, 0.25) is 0 Å². The lowest BCUT2D eigenvalue weighted by Crippen LogP contribution is -2.21. The first kappa shape index (κ1) is 14.2. The predicted molar refractivity (Wildman–Crippen MR) is 68.3 cm³/mol. The molecule has 0 saturated heterocycles. The van der Waals surface area contributed by atoms with E-state index in [4.69, 9.17) is 9.47 Å². The van der Waals surface area contributed by atoms with Crippen molar-refractivity contribution in [1.29, 1.82) is 0 Å². The molecule has 0 aromatic heterocycles. The van der Waals surface area contributed by atoms with Crippen molar-refractivity contribution < 1.29 is 14.4 Å². The van der Waals surface area contributed by atoms with Crippen molar-refractivity contribution in [2.45, 2.75) is 13.3 Å². The number of benzene rings is 1. The van der Waals surface area contributed by atoms with Crippen molar-refractivity contribution in [1.82, 2.24) is 5.32 Å². The maximum Gasteiger partial charge on any atom is 0.314 e. The molecule has 0 aliphatic heterocycles. The van der Waals surface area contributed by atoms with Gasteiger partial charge in [-0.3, -0.25) is 10.1 Å². The molecule has 18 heavy (non-hydrogen) atoms. The van der Waals surface area contributed by atoms with Crippen molar-refractivity contribution in [3.63, 3.8) is 0 Å². The Morgan fingerprint density at radius 3 is 2.78 bits per heavy atom. The first-order valence-electron chi connectivity index (χ1n) is 5.85. The van der Waals surface area contributed by atoms with Crippen LogP contribution in [0, 0.1) is 10.1 Å². The van der Waals surface area contributed by atoms with Gasteiger partial charge < -0.3 is 14.8 Å². The van der Waals surface area contributed by atoms with Gasteiger partial charge >= 0.3 is 5.69 Å². The molecule has 0 amide bonds. The smallest absolute Gasteiger partial charge is 0.314 e. The molecule has 0 heterocycles. The van der Waals surface area contributed by atoms with E-state index in [9.17, 15) is 10.1 Å². The number of hydrogen-bond donors (Lipinski definition) is 1. The van der Waals surface area contributed by atoms with Crippen molar-refractivity contribution in [3.05, 3.63) is 28.3 Å². The molecule has 6 heteroatoms. The molecule has 0 spiro atoms. The molecule has 0 fully saturated rings. The van der Waals surface area contributed by atoms with Crippen LogP contribution in [0.15, 0.2) is 18.2 Å². The van der Waals surface area contributed by atoms with Crippen LogP contribution in [0.25, 0.3) is 0 Å². The lowest BCUT2D eigenvalue weighted by Gasteiger charge is -2.08. The molecule has 1 aromatic carbocycles. The molecule has 0 saturated carbocycles. The molecule has 1 N–H and O–H groups in total. The van der Waals surface area contributed by atoms with Gasteiger partial charge in [0.05, 0.1) is 18.1 Å². The number of methoxy groups -OCH3 is 1. The van der Waals surface area contributed by atoms with Gasteiger partial charge in [-0.25, -0.2) is 0 Å². The van der Waals surface area contributed by atoms with Crippen LogP contribution < -0.4 is 14.8 Å². The Morgan fingerprint density at radius 2 is 2.17 bits per heavy atom. The van der Waals surface area contributed by atoms with Crippen molar-refractivity contribution in [2.24, 2.45) is 0 Å². The van der Waals surface area contributed by atoms with Gasteiger partial charge in [0.2, 0.25) is 0 Å². The summed E-state index contributed by atoms with van der Waals surface area (Å²) < 4.78 is 10.3. The summed E-state index contributed by atoms with van der Waals surface area (Å²) in [6.07, 6.45) is 1.06. The number of nitro benzene ring substituents is 1. The molecule has 6 nitrogen and oxygen atoms in total. The fourth-order valence-corrected chi connectivity index (χ4v) is 1.45. The zero-order valence-electron chi connectivity index (χ0n) is 10.6. The third-order valence-corrected chi connectivity index (χ3v) is 2.32. The maximum absolute atomic E-state index is 10.8. The lowest BCUT2D eigenvalue weighted by molar-refractivity contribution is -0.385. The molecule has 0 aliphatic rings. The third kappa shape index (κ3) is 4.21. The largest absolute Gasteiger partial charge is 0.492 e. The first-order valence-corrected chi connectivity index (χ1v) is 5.85. The molecule has 0 aliphatic carbocycles. The second-order valence-corrected chi connectivity index (χ2v) is 3.69. The molecule has 1 rings (SSSR count). The average Bonchev–Trinajstić information content (AvgIpc) is 2.38.